The molecule has 4 rings (SSSR count). The molecule has 0 bridgehead atoms. The maximum absolute atomic E-state index is 12.3. The number of aromatic nitrogens is 2. The third-order valence-corrected chi connectivity index (χ3v) is 5.03. The van der Waals surface area contributed by atoms with Crippen LogP contribution in [0.25, 0.3) is 0 Å². The van der Waals surface area contributed by atoms with Crippen LogP contribution in [0, 0.1) is 13.8 Å². The van der Waals surface area contributed by atoms with E-state index in [-0.39, 0.29) is 18.4 Å². The molecular weight excluding hydrogens is 382 g/mol. The van der Waals surface area contributed by atoms with Gasteiger partial charge in [0, 0.05) is 17.3 Å². The van der Waals surface area contributed by atoms with E-state index in [4.69, 9.17) is 14.2 Å². The topological polar surface area (TPSA) is 85.5 Å². The SMILES string of the molecule is Cc1n[nH]c(C)c1CC(=O)NCC1COc2ccc(OCc3ccccc3)cc2O1. The second kappa shape index (κ2) is 8.90. The standard InChI is InChI=1S/C23H25N3O4/c1-15-20(16(2)26-25-15)11-23(27)24-12-19-14-29-21-9-8-18(10-22(21)30-19)28-13-17-6-4-3-5-7-17/h3-10,19H,11-14H2,1-2H3,(H,24,27)(H,25,26). The molecule has 2 N–H and O–H groups in total. The van der Waals surface area contributed by atoms with Crippen molar-refractivity contribution in [3.05, 3.63) is 71.0 Å². The number of H-pyrrole nitrogens is 1. The molecule has 0 spiro atoms. The average Bonchev–Trinajstić information content (AvgIpc) is 3.08. The van der Waals surface area contributed by atoms with Gasteiger partial charge in [0.1, 0.15) is 25.1 Å². The molecule has 1 aliphatic rings. The van der Waals surface area contributed by atoms with Crippen LogP contribution in [0.5, 0.6) is 17.2 Å². The van der Waals surface area contributed by atoms with Crippen molar-refractivity contribution in [1.82, 2.24) is 15.5 Å². The molecule has 3 aromatic rings. The Balaban J connectivity index is 1.30. The number of hydrogen-bond acceptors (Lipinski definition) is 5. The van der Waals surface area contributed by atoms with Crippen molar-refractivity contribution < 1.29 is 19.0 Å². The Bertz CT molecular complexity index is 997. The van der Waals surface area contributed by atoms with Crippen molar-refractivity contribution in [3.8, 4) is 17.2 Å². The van der Waals surface area contributed by atoms with Crippen LogP contribution in [0.15, 0.2) is 48.5 Å². The van der Waals surface area contributed by atoms with E-state index >= 15 is 0 Å². The maximum atomic E-state index is 12.3. The molecule has 0 saturated carbocycles. The number of hydrogen-bond donors (Lipinski definition) is 2. The first kappa shape index (κ1) is 19.8. The smallest absolute Gasteiger partial charge is 0.224 e. The van der Waals surface area contributed by atoms with Crippen LogP contribution in [0.4, 0.5) is 0 Å². The summed E-state index contributed by atoms with van der Waals surface area (Å²) in [6.45, 7) is 5.02. The fourth-order valence-corrected chi connectivity index (χ4v) is 3.31. The van der Waals surface area contributed by atoms with Gasteiger partial charge < -0.3 is 19.5 Å². The zero-order valence-electron chi connectivity index (χ0n) is 17.1. The van der Waals surface area contributed by atoms with Crippen molar-refractivity contribution in [3.63, 3.8) is 0 Å². The number of carbonyl (C=O) groups excluding carboxylic acids is 1. The molecule has 1 aromatic heterocycles. The number of nitrogens with one attached hydrogen (secondary N) is 2. The summed E-state index contributed by atoms with van der Waals surface area (Å²) in [6, 6.07) is 15.5. The lowest BCUT2D eigenvalue weighted by Gasteiger charge is -2.27. The van der Waals surface area contributed by atoms with Gasteiger partial charge in [0.15, 0.2) is 11.5 Å². The van der Waals surface area contributed by atoms with Crippen molar-refractivity contribution in [2.75, 3.05) is 13.2 Å². The minimum absolute atomic E-state index is 0.0723. The van der Waals surface area contributed by atoms with Gasteiger partial charge in [-0.3, -0.25) is 9.89 Å². The Morgan fingerprint density at radius 1 is 1.20 bits per heavy atom. The highest BCUT2D eigenvalue weighted by atomic mass is 16.6. The molecule has 7 nitrogen and oxygen atoms in total. The van der Waals surface area contributed by atoms with E-state index < -0.39 is 0 Å². The molecule has 1 amide bonds. The lowest BCUT2D eigenvalue weighted by Crippen LogP contribution is -2.41. The minimum atomic E-state index is -0.266. The van der Waals surface area contributed by atoms with E-state index in [0.717, 1.165) is 22.5 Å². The molecule has 1 unspecified atom stereocenters. The highest BCUT2D eigenvalue weighted by Gasteiger charge is 2.22. The first-order chi connectivity index (χ1) is 14.6. The van der Waals surface area contributed by atoms with Gasteiger partial charge in [-0.05, 0) is 31.5 Å². The lowest BCUT2D eigenvalue weighted by atomic mass is 10.1. The van der Waals surface area contributed by atoms with Gasteiger partial charge in [0.25, 0.3) is 0 Å². The van der Waals surface area contributed by atoms with Gasteiger partial charge >= 0.3 is 0 Å². The molecule has 0 saturated heterocycles. The number of aryl methyl sites for hydroxylation is 2. The molecule has 0 radical (unpaired) electrons. The summed E-state index contributed by atoms with van der Waals surface area (Å²) in [4.78, 5) is 12.3. The molecule has 1 atom stereocenters. The van der Waals surface area contributed by atoms with Crippen molar-refractivity contribution in [2.45, 2.75) is 33.0 Å². The molecule has 1 aliphatic heterocycles. The summed E-state index contributed by atoms with van der Waals surface area (Å²) >= 11 is 0. The highest BCUT2D eigenvalue weighted by Crippen LogP contribution is 2.35. The zero-order valence-corrected chi connectivity index (χ0v) is 17.1. The Hall–Kier alpha value is -3.48. The van der Waals surface area contributed by atoms with Gasteiger partial charge in [-0.2, -0.15) is 5.10 Å². The van der Waals surface area contributed by atoms with Gasteiger partial charge in [-0.1, -0.05) is 30.3 Å². The first-order valence-electron chi connectivity index (χ1n) is 9.96. The fraction of sp³-hybridized carbons (Fsp3) is 0.304. The van der Waals surface area contributed by atoms with E-state index in [2.05, 4.69) is 15.5 Å². The van der Waals surface area contributed by atoms with Crippen LogP contribution in [-0.2, 0) is 17.8 Å². The number of benzene rings is 2. The molecule has 7 heteroatoms. The summed E-state index contributed by atoms with van der Waals surface area (Å²) in [5.41, 5.74) is 3.78. The normalized spacial score (nSPS) is 14.9. The van der Waals surface area contributed by atoms with E-state index in [0.29, 0.717) is 37.0 Å². The number of ether oxygens (including phenoxy) is 3. The van der Waals surface area contributed by atoms with E-state index in [9.17, 15) is 4.79 Å². The van der Waals surface area contributed by atoms with Crippen molar-refractivity contribution >= 4 is 5.91 Å². The lowest BCUT2D eigenvalue weighted by molar-refractivity contribution is -0.121. The van der Waals surface area contributed by atoms with Crippen LogP contribution < -0.4 is 19.5 Å². The zero-order chi connectivity index (χ0) is 20.9. The number of amides is 1. The summed E-state index contributed by atoms with van der Waals surface area (Å²) in [6.07, 6.45) is 0.0212. The van der Waals surface area contributed by atoms with Crippen LogP contribution >= 0.6 is 0 Å². The van der Waals surface area contributed by atoms with E-state index in [1.54, 1.807) is 0 Å². The highest BCUT2D eigenvalue weighted by molar-refractivity contribution is 5.79. The second-order valence-corrected chi connectivity index (χ2v) is 7.33. The summed E-state index contributed by atoms with van der Waals surface area (Å²) in [7, 11) is 0. The number of rotatable bonds is 7. The third kappa shape index (κ3) is 4.74. The average molecular weight is 407 g/mol. The molecule has 0 fully saturated rings. The Morgan fingerprint density at radius 3 is 2.80 bits per heavy atom. The van der Waals surface area contributed by atoms with Crippen LogP contribution in [0.2, 0.25) is 0 Å². The molecule has 2 heterocycles. The quantitative estimate of drug-likeness (QED) is 0.629. The molecule has 30 heavy (non-hydrogen) atoms. The van der Waals surface area contributed by atoms with Crippen LogP contribution in [0.3, 0.4) is 0 Å². The Kier molecular flexibility index (Phi) is 5.88. The van der Waals surface area contributed by atoms with Gasteiger partial charge in [-0.15, -0.1) is 0 Å². The van der Waals surface area contributed by atoms with Crippen molar-refractivity contribution in [2.24, 2.45) is 0 Å². The van der Waals surface area contributed by atoms with E-state index in [1.165, 1.54) is 0 Å². The third-order valence-electron chi connectivity index (χ3n) is 5.03. The van der Waals surface area contributed by atoms with Crippen LogP contribution in [-0.4, -0.2) is 35.4 Å². The Labute approximate surface area is 175 Å². The second-order valence-electron chi connectivity index (χ2n) is 7.33. The predicted octanol–water partition coefficient (Wildman–Crippen LogP) is 3.10. The monoisotopic (exact) mass is 407 g/mol. The summed E-state index contributed by atoms with van der Waals surface area (Å²) in [5, 5.41) is 9.94. The largest absolute Gasteiger partial charge is 0.489 e. The molecule has 2 aromatic carbocycles. The van der Waals surface area contributed by atoms with E-state index in [1.807, 2.05) is 62.4 Å². The number of carbonyl (C=O) groups is 1. The number of nitrogens with zero attached hydrogens (tertiary/aromatic N) is 1. The molecule has 156 valence electrons. The predicted molar refractivity (Wildman–Crippen MR) is 112 cm³/mol. The maximum Gasteiger partial charge on any atom is 0.224 e. The minimum Gasteiger partial charge on any atom is -0.489 e. The number of aromatic amines is 1. The van der Waals surface area contributed by atoms with Crippen LogP contribution in [0.1, 0.15) is 22.5 Å². The van der Waals surface area contributed by atoms with Gasteiger partial charge in [0.05, 0.1) is 18.7 Å². The number of fused-ring (bicyclic) bond motifs is 1. The Morgan fingerprint density at radius 2 is 2.03 bits per heavy atom. The fourth-order valence-electron chi connectivity index (χ4n) is 3.31. The first-order valence-corrected chi connectivity index (χ1v) is 9.96. The van der Waals surface area contributed by atoms with Gasteiger partial charge in [-0.25, -0.2) is 0 Å². The summed E-state index contributed by atoms with van der Waals surface area (Å²) < 4.78 is 17.7. The van der Waals surface area contributed by atoms with Gasteiger partial charge in [0.2, 0.25) is 5.91 Å². The van der Waals surface area contributed by atoms with Crippen molar-refractivity contribution in [1.29, 1.82) is 0 Å². The molecule has 0 aliphatic carbocycles. The molecular formula is C23H25N3O4. The summed E-state index contributed by atoms with van der Waals surface area (Å²) in [5.74, 6) is 1.93.